The minimum Gasteiger partial charge on any atom is -0.359 e. The van der Waals surface area contributed by atoms with Gasteiger partial charge in [0, 0.05) is 25.9 Å². The first-order valence-electron chi connectivity index (χ1n) is 9.79. The fraction of sp³-hybridized carbons (Fsp3) is 0.250. The second kappa shape index (κ2) is 7.98. The van der Waals surface area contributed by atoms with Crippen LogP contribution in [0.4, 0.5) is 20.9 Å². The number of aromatic nitrogens is 2. The van der Waals surface area contributed by atoms with Gasteiger partial charge in [-0.2, -0.15) is 0 Å². The number of carbonyl (C=O) groups is 1. The molecule has 3 heterocycles. The summed E-state index contributed by atoms with van der Waals surface area (Å²) in [6.45, 7) is 1.09. The van der Waals surface area contributed by atoms with Crippen LogP contribution in [-0.4, -0.2) is 43.7 Å². The Bertz CT molecular complexity index is 1290. The maximum absolute atomic E-state index is 13.8. The number of hydrogen-bond acceptors (Lipinski definition) is 7. The lowest BCUT2D eigenvalue weighted by Crippen LogP contribution is -2.41. The quantitative estimate of drug-likeness (QED) is 0.581. The zero-order chi connectivity index (χ0) is 22.5. The smallest absolute Gasteiger partial charge is 0.263 e. The molecule has 168 valence electrons. The average molecular weight is 496 g/mol. The van der Waals surface area contributed by atoms with Crippen LogP contribution in [0.3, 0.4) is 0 Å². The number of nitrogens with zero attached hydrogens (tertiary/aromatic N) is 4. The van der Waals surface area contributed by atoms with Crippen molar-refractivity contribution in [1.29, 1.82) is 0 Å². The molecule has 32 heavy (non-hydrogen) atoms. The van der Waals surface area contributed by atoms with Gasteiger partial charge in [0.25, 0.3) is 10.0 Å². The van der Waals surface area contributed by atoms with Crippen molar-refractivity contribution in [2.45, 2.75) is 23.8 Å². The first kappa shape index (κ1) is 21.1. The number of halogens is 2. The molecule has 0 spiro atoms. The van der Waals surface area contributed by atoms with Gasteiger partial charge >= 0.3 is 0 Å². The van der Waals surface area contributed by atoms with Crippen LogP contribution in [0, 0.1) is 5.82 Å². The highest BCUT2D eigenvalue weighted by Gasteiger charge is 2.39. The number of nitrogens with one attached hydrogen (secondary N) is 1. The van der Waals surface area contributed by atoms with Crippen molar-refractivity contribution in [3.05, 3.63) is 58.3 Å². The summed E-state index contributed by atoms with van der Waals surface area (Å²) in [5.41, 5.74) is 3.57. The molecule has 1 N–H and O–H groups in total. The zero-order valence-electron chi connectivity index (χ0n) is 16.5. The number of carbonyl (C=O) groups excluding carboxylic acids is 1. The van der Waals surface area contributed by atoms with Gasteiger partial charge in [-0.05, 0) is 54.8 Å². The van der Waals surface area contributed by atoms with E-state index in [9.17, 15) is 17.6 Å². The van der Waals surface area contributed by atoms with E-state index in [-0.39, 0.29) is 28.4 Å². The predicted molar refractivity (Wildman–Crippen MR) is 122 cm³/mol. The maximum Gasteiger partial charge on any atom is 0.263 e. The van der Waals surface area contributed by atoms with Crippen molar-refractivity contribution in [3.8, 4) is 0 Å². The van der Waals surface area contributed by atoms with Gasteiger partial charge in [-0.15, -0.1) is 10.2 Å². The van der Waals surface area contributed by atoms with E-state index in [2.05, 4.69) is 14.9 Å². The van der Waals surface area contributed by atoms with Gasteiger partial charge in [-0.25, -0.2) is 12.8 Å². The van der Waals surface area contributed by atoms with E-state index < -0.39 is 15.8 Å². The summed E-state index contributed by atoms with van der Waals surface area (Å²) in [4.78, 5) is 16.9. The number of fused-ring (bicyclic) bond motifs is 1. The molecule has 0 saturated carbocycles. The van der Waals surface area contributed by atoms with Gasteiger partial charge in [0.2, 0.25) is 11.0 Å². The van der Waals surface area contributed by atoms with E-state index in [4.69, 9.17) is 11.6 Å². The molecule has 8 nitrogen and oxygen atoms in total. The molecule has 0 unspecified atom stereocenters. The Morgan fingerprint density at radius 2 is 1.97 bits per heavy atom. The maximum atomic E-state index is 13.8. The molecule has 2 aliphatic heterocycles. The van der Waals surface area contributed by atoms with Gasteiger partial charge in [0.1, 0.15) is 17.4 Å². The van der Waals surface area contributed by atoms with Crippen LogP contribution in [-0.2, 0) is 21.2 Å². The van der Waals surface area contributed by atoms with Gasteiger partial charge < -0.3 is 9.80 Å². The average Bonchev–Trinajstić information content (AvgIpc) is 3.51. The Balaban J connectivity index is 0.00000259. The van der Waals surface area contributed by atoms with Gasteiger partial charge in [-0.3, -0.25) is 9.52 Å². The number of sulfonamides is 1. The molecule has 1 saturated heterocycles. The second-order valence-electron chi connectivity index (χ2n) is 7.44. The SMILES string of the molecule is O=C1[C@@H](N2CCc3c2ccc(F)c3Cl)CCN1c1ccc(S(=O)(=O)Nc2nncs2)cc1.[HH]. The highest BCUT2D eigenvalue weighted by atomic mass is 35.5. The minimum absolute atomic E-state index is 0. The monoisotopic (exact) mass is 495 g/mol. The van der Waals surface area contributed by atoms with Crippen LogP contribution in [0.2, 0.25) is 5.02 Å². The number of benzene rings is 2. The second-order valence-corrected chi connectivity index (χ2v) is 10.3. The first-order valence-corrected chi connectivity index (χ1v) is 12.5. The van der Waals surface area contributed by atoms with E-state index >= 15 is 0 Å². The normalized spacial score (nSPS) is 18.3. The van der Waals surface area contributed by atoms with E-state index in [1.807, 2.05) is 4.90 Å². The topological polar surface area (TPSA) is 95.5 Å². The lowest BCUT2D eigenvalue weighted by atomic mass is 10.1. The fourth-order valence-corrected chi connectivity index (χ4v) is 6.12. The fourth-order valence-electron chi connectivity index (χ4n) is 4.17. The molecule has 1 amide bonds. The Hall–Kier alpha value is -2.76. The Kier molecular flexibility index (Phi) is 5.26. The molecule has 1 fully saturated rings. The molecule has 3 aromatic rings. The molecule has 1 aromatic heterocycles. The molecule has 5 rings (SSSR count). The Labute approximate surface area is 194 Å². The zero-order valence-corrected chi connectivity index (χ0v) is 18.9. The van der Waals surface area contributed by atoms with Crippen LogP contribution in [0.15, 0.2) is 46.8 Å². The van der Waals surface area contributed by atoms with Crippen molar-refractivity contribution in [1.82, 2.24) is 10.2 Å². The summed E-state index contributed by atoms with van der Waals surface area (Å²) < 4.78 is 41.1. The van der Waals surface area contributed by atoms with Crippen LogP contribution in [0.1, 0.15) is 13.4 Å². The molecule has 0 bridgehead atoms. The van der Waals surface area contributed by atoms with Gasteiger partial charge in [0.15, 0.2) is 0 Å². The van der Waals surface area contributed by atoms with Crippen molar-refractivity contribution >= 4 is 55.4 Å². The van der Waals surface area contributed by atoms with Crippen LogP contribution in [0.25, 0.3) is 0 Å². The summed E-state index contributed by atoms with van der Waals surface area (Å²) >= 11 is 7.19. The molecule has 0 aliphatic carbocycles. The lowest BCUT2D eigenvalue weighted by molar-refractivity contribution is -0.118. The van der Waals surface area contributed by atoms with Crippen LogP contribution >= 0.6 is 22.9 Å². The molecule has 2 aliphatic rings. The van der Waals surface area contributed by atoms with Crippen LogP contribution in [0.5, 0.6) is 0 Å². The predicted octanol–water partition coefficient (Wildman–Crippen LogP) is 3.55. The summed E-state index contributed by atoms with van der Waals surface area (Å²) in [7, 11) is -3.80. The highest BCUT2D eigenvalue weighted by molar-refractivity contribution is 7.93. The third-order valence-electron chi connectivity index (χ3n) is 5.68. The molecule has 2 aromatic carbocycles. The molecule has 1 atom stereocenters. The summed E-state index contributed by atoms with van der Waals surface area (Å²) in [6.07, 6.45) is 1.19. The first-order chi connectivity index (χ1) is 15.3. The van der Waals surface area contributed by atoms with Crippen molar-refractivity contribution in [3.63, 3.8) is 0 Å². The lowest BCUT2D eigenvalue weighted by Gasteiger charge is -2.26. The van der Waals surface area contributed by atoms with E-state index in [1.165, 1.54) is 23.7 Å². The molecule has 12 heteroatoms. The summed E-state index contributed by atoms with van der Waals surface area (Å²) in [6, 6.07) is 8.74. The van der Waals surface area contributed by atoms with Crippen LogP contribution < -0.4 is 14.5 Å². The Morgan fingerprint density at radius 1 is 1.19 bits per heavy atom. The van der Waals surface area contributed by atoms with Gasteiger partial charge in [0.05, 0.1) is 9.92 Å². The van der Waals surface area contributed by atoms with Crippen molar-refractivity contribution in [2.24, 2.45) is 0 Å². The number of rotatable bonds is 5. The molecule has 0 radical (unpaired) electrons. The summed E-state index contributed by atoms with van der Waals surface area (Å²) in [5, 5.41) is 7.58. The highest BCUT2D eigenvalue weighted by Crippen LogP contribution is 2.38. The van der Waals surface area contributed by atoms with Gasteiger partial charge in [-0.1, -0.05) is 22.9 Å². The molecular weight excluding hydrogens is 477 g/mol. The minimum atomic E-state index is -3.80. The van der Waals surface area contributed by atoms with E-state index in [1.54, 1.807) is 23.1 Å². The third-order valence-corrected chi connectivity index (χ3v) is 8.18. The standard InChI is InChI=1S/C20H17ClFN5O3S2.H2/c21-18-14-7-9-27(16(14)6-5-15(18)22)17-8-10-26(19(17)28)12-1-3-13(4-2-12)32(29,30)25-20-24-23-11-31-20;/h1-6,11,17H,7-10H2,(H,24,25);1H/t17-;/m0./s1. The summed E-state index contributed by atoms with van der Waals surface area (Å²) in [5.74, 6) is -0.539. The number of anilines is 3. The van der Waals surface area contributed by atoms with Crippen molar-refractivity contribution in [2.75, 3.05) is 27.6 Å². The van der Waals surface area contributed by atoms with E-state index in [0.29, 0.717) is 31.6 Å². The largest absolute Gasteiger partial charge is 0.359 e. The van der Waals surface area contributed by atoms with Crippen molar-refractivity contribution < 1.29 is 19.0 Å². The van der Waals surface area contributed by atoms with E-state index in [0.717, 1.165) is 22.6 Å². The Morgan fingerprint density at radius 3 is 2.69 bits per heavy atom. The molecular formula is C20H19ClFN5O3S2. The number of amides is 1. The number of hydrogen-bond donors (Lipinski definition) is 1. The third kappa shape index (κ3) is 3.59.